The number of benzene rings is 2. The third-order valence-electron chi connectivity index (χ3n) is 4.48. The standard InChI is InChI=1S/C20H22F4N2O3/c1-3-29-16-7-5-4-6-15(16)19(25,20(22,23)24)17(27)26-12-18(2,28)13-8-10-14(21)11-9-13/h4-11,28H,3,12,25H2,1-2H3,(H,26,27)/t18-,19-/m0/s1. The van der Waals surface area contributed by atoms with Crippen LogP contribution in [0.15, 0.2) is 48.5 Å². The number of rotatable bonds is 7. The average molecular weight is 414 g/mol. The summed E-state index contributed by atoms with van der Waals surface area (Å²) in [5.74, 6) is -2.27. The van der Waals surface area contributed by atoms with E-state index in [1.165, 1.54) is 37.3 Å². The number of nitrogens with two attached hydrogens (primary N) is 1. The van der Waals surface area contributed by atoms with Crippen molar-refractivity contribution in [2.24, 2.45) is 5.73 Å². The van der Waals surface area contributed by atoms with E-state index in [-0.39, 0.29) is 17.9 Å². The van der Waals surface area contributed by atoms with Crippen molar-refractivity contribution in [1.29, 1.82) is 0 Å². The largest absolute Gasteiger partial charge is 0.494 e. The summed E-state index contributed by atoms with van der Waals surface area (Å²) in [5.41, 5.74) is 0.115. The lowest BCUT2D eigenvalue weighted by Crippen LogP contribution is -2.61. The first-order valence-corrected chi connectivity index (χ1v) is 8.78. The molecule has 5 nitrogen and oxygen atoms in total. The minimum absolute atomic E-state index is 0.0752. The predicted octanol–water partition coefficient (Wildman–Crippen LogP) is 2.96. The Labute approximate surface area is 165 Å². The summed E-state index contributed by atoms with van der Waals surface area (Å²) in [5, 5.41) is 12.6. The number of hydrogen-bond donors (Lipinski definition) is 3. The minimum atomic E-state index is -5.15. The molecule has 0 aromatic heterocycles. The van der Waals surface area contributed by atoms with Crippen LogP contribution in [0.2, 0.25) is 0 Å². The number of nitrogens with one attached hydrogen (secondary N) is 1. The summed E-state index contributed by atoms with van der Waals surface area (Å²) in [6, 6.07) is 9.84. The monoisotopic (exact) mass is 414 g/mol. The highest BCUT2D eigenvalue weighted by Crippen LogP contribution is 2.41. The lowest BCUT2D eigenvalue weighted by atomic mass is 9.87. The third-order valence-corrected chi connectivity index (χ3v) is 4.48. The number of hydrogen-bond acceptors (Lipinski definition) is 4. The van der Waals surface area contributed by atoms with Gasteiger partial charge < -0.3 is 20.9 Å². The van der Waals surface area contributed by atoms with Crippen LogP contribution >= 0.6 is 0 Å². The van der Waals surface area contributed by atoms with E-state index < -0.39 is 41.1 Å². The van der Waals surface area contributed by atoms with Gasteiger partial charge in [-0.25, -0.2) is 4.39 Å². The molecule has 2 aromatic carbocycles. The molecule has 0 radical (unpaired) electrons. The highest BCUT2D eigenvalue weighted by atomic mass is 19.4. The Balaban J connectivity index is 2.34. The van der Waals surface area contributed by atoms with Gasteiger partial charge in [-0.1, -0.05) is 30.3 Å². The number of aliphatic hydroxyl groups is 1. The van der Waals surface area contributed by atoms with Crippen LogP contribution < -0.4 is 15.8 Å². The summed E-state index contributed by atoms with van der Waals surface area (Å²) >= 11 is 0. The van der Waals surface area contributed by atoms with Gasteiger partial charge in [-0.3, -0.25) is 4.79 Å². The maximum absolute atomic E-state index is 13.9. The summed E-state index contributed by atoms with van der Waals surface area (Å²) in [6.07, 6.45) is -5.15. The first-order chi connectivity index (χ1) is 13.4. The van der Waals surface area contributed by atoms with E-state index in [0.717, 1.165) is 18.2 Å². The van der Waals surface area contributed by atoms with Crippen molar-refractivity contribution in [3.8, 4) is 5.75 Å². The average Bonchev–Trinajstić information content (AvgIpc) is 2.65. The fourth-order valence-corrected chi connectivity index (χ4v) is 2.78. The van der Waals surface area contributed by atoms with E-state index in [2.05, 4.69) is 5.32 Å². The highest BCUT2D eigenvalue weighted by molar-refractivity contribution is 5.89. The van der Waals surface area contributed by atoms with Gasteiger partial charge in [0.1, 0.15) is 17.2 Å². The number of carbonyl (C=O) groups is 1. The van der Waals surface area contributed by atoms with E-state index in [1.807, 2.05) is 0 Å². The molecule has 1 amide bonds. The van der Waals surface area contributed by atoms with Crippen LogP contribution in [-0.4, -0.2) is 30.3 Å². The van der Waals surface area contributed by atoms with Gasteiger partial charge in [-0.05, 0) is 37.6 Å². The topological polar surface area (TPSA) is 84.6 Å². The molecular formula is C20H22F4N2O3. The first kappa shape index (κ1) is 22.6. The van der Waals surface area contributed by atoms with E-state index in [0.29, 0.717) is 0 Å². The van der Waals surface area contributed by atoms with Crippen LogP contribution in [-0.2, 0) is 15.9 Å². The Morgan fingerprint density at radius 2 is 1.72 bits per heavy atom. The molecule has 0 unspecified atom stereocenters. The van der Waals surface area contributed by atoms with Gasteiger partial charge in [0.05, 0.1) is 13.2 Å². The van der Waals surface area contributed by atoms with Gasteiger partial charge in [-0.2, -0.15) is 13.2 Å². The molecule has 9 heteroatoms. The fraction of sp³-hybridized carbons (Fsp3) is 0.350. The van der Waals surface area contributed by atoms with Crippen molar-refractivity contribution in [1.82, 2.24) is 5.32 Å². The van der Waals surface area contributed by atoms with Crippen LogP contribution in [0.1, 0.15) is 25.0 Å². The van der Waals surface area contributed by atoms with Crippen molar-refractivity contribution in [2.75, 3.05) is 13.2 Å². The molecule has 0 fully saturated rings. The Hall–Kier alpha value is -2.65. The summed E-state index contributed by atoms with van der Waals surface area (Å²) in [6.45, 7) is 2.36. The molecule has 2 atom stereocenters. The molecule has 0 bridgehead atoms. The maximum atomic E-state index is 13.9. The molecule has 0 aliphatic carbocycles. The molecule has 4 N–H and O–H groups in total. The molecule has 0 saturated heterocycles. The Morgan fingerprint density at radius 3 is 2.28 bits per heavy atom. The minimum Gasteiger partial charge on any atom is -0.494 e. The van der Waals surface area contributed by atoms with E-state index >= 15 is 0 Å². The molecule has 0 spiro atoms. The van der Waals surface area contributed by atoms with E-state index in [1.54, 1.807) is 6.92 Å². The SMILES string of the molecule is CCOc1ccccc1[C@](N)(C(=O)NC[C@](C)(O)c1ccc(F)cc1)C(F)(F)F. The zero-order valence-corrected chi connectivity index (χ0v) is 15.9. The second-order valence-electron chi connectivity index (χ2n) is 6.70. The van der Waals surface area contributed by atoms with Crippen LogP contribution in [0.25, 0.3) is 0 Å². The Morgan fingerprint density at radius 1 is 1.14 bits per heavy atom. The number of carbonyl (C=O) groups excluding carboxylic acids is 1. The van der Waals surface area contributed by atoms with Crippen LogP contribution in [0.4, 0.5) is 17.6 Å². The van der Waals surface area contributed by atoms with Gasteiger partial charge in [0.2, 0.25) is 5.54 Å². The normalized spacial score (nSPS) is 15.9. The highest BCUT2D eigenvalue weighted by Gasteiger charge is 2.60. The molecule has 0 aliphatic rings. The zero-order valence-electron chi connectivity index (χ0n) is 15.9. The van der Waals surface area contributed by atoms with Gasteiger partial charge in [0.15, 0.2) is 0 Å². The molecule has 0 heterocycles. The van der Waals surface area contributed by atoms with Crippen molar-refractivity contribution in [2.45, 2.75) is 31.2 Å². The van der Waals surface area contributed by atoms with Crippen LogP contribution in [0.5, 0.6) is 5.75 Å². The van der Waals surface area contributed by atoms with Gasteiger partial charge in [-0.15, -0.1) is 0 Å². The molecule has 158 valence electrons. The van der Waals surface area contributed by atoms with E-state index in [4.69, 9.17) is 10.5 Å². The van der Waals surface area contributed by atoms with Gasteiger partial charge in [0, 0.05) is 5.56 Å². The van der Waals surface area contributed by atoms with E-state index in [9.17, 15) is 27.5 Å². The second kappa shape index (κ2) is 8.38. The molecule has 0 saturated carbocycles. The number of amides is 1. The van der Waals surface area contributed by atoms with Crippen LogP contribution in [0, 0.1) is 5.82 Å². The predicted molar refractivity (Wildman–Crippen MR) is 98.5 cm³/mol. The number of alkyl halides is 3. The molecular weight excluding hydrogens is 392 g/mol. The quantitative estimate of drug-likeness (QED) is 0.609. The number of para-hydroxylation sites is 1. The Kier molecular flexibility index (Phi) is 6.54. The third kappa shape index (κ3) is 4.68. The second-order valence-corrected chi connectivity index (χ2v) is 6.70. The lowest BCUT2D eigenvalue weighted by Gasteiger charge is -2.33. The summed E-state index contributed by atoms with van der Waals surface area (Å²) in [4.78, 5) is 12.6. The molecule has 29 heavy (non-hydrogen) atoms. The summed E-state index contributed by atoms with van der Waals surface area (Å²) in [7, 11) is 0. The first-order valence-electron chi connectivity index (χ1n) is 8.78. The van der Waals surface area contributed by atoms with Gasteiger partial charge >= 0.3 is 6.18 Å². The number of ether oxygens (including phenoxy) is 1. The zero-order chi connectivity index (χ0) is 21.9. The number of halogens is 4. The molecule has 2 aromatic rings. The lowest BCUT2D eigenvalue weighted by molar-refractivity contribution is -0.195. The Bertz CT molecular complexity index is 854. The van der Waals surface area contributed by atoms with Crippen LogP contribution in [0.3, 0.4) is 0 Å². The smallest absolute Gasteiger partial charge is 0.419 e. The fourth-order valence-electron chi connectivity index (χ4n) is 2.78. The van der Waals surface area contributed by atoms with Crippen molar-refractivity contribution in [3.63, 3.8) is 0 Å². The van der Waals surface area contributed by atoms with Crippen molar-refractivity contribution < 1.29 is 32.2 Å². The molecule has 0 aliphatic heterocycles. The summed E-state index contributed by atoms with van der Waals surface area (Å²) < 4.78 is 60.0. The maximum Gasteiger partial charge on any atom is 0.419 e. The van der Waals surface area contributed by atoms with Crippen molar-refractivity contribution in [3.05, 3.63) is 65.5 Å². The van der Waals surface area contributed by atoms with Crippen molar-refractivity contribution >= 4 is 5.91 Å². The molecule has 2 rings (SSSR count). The van der Waals surface area contributed by atoms with Gasteiger partial charge in [0.25, 0.3) is 5.91 Å².